The molecule has 3 aromatic rings. The summed E-state index contributed by atoms with van der Waals surface area (Å²) >= 11 is 11.7. The monoisotopic (exact) mass is 428 g/mol. The predicted molar refractivity (Wildman–Crippen MR) is 118 cm³/mol. The Morgan fingerprint density at radius 2 is 2.03 bits per heavy atom. The van der Waals surface area contributed by atoms with Gasteiger partial charge in [-0.2, -0.15) is 0 Å². The van der Waals surface area contributed by atoms with Crippen LogP contribution in [0.3, 0.4) is 0 Å². The maximum Gasteiger partial charge on any atom is 0.170 e. The van der Waals surface area contributed by atoms with E-state index >= 15 is 0 Å². The molecule has 1 aliphatic rings. The van der Waals surface area contributed by atoms with Crippen LogP contribution in [0.4, 0.5) is 4.39 Å². The van der Waals surface area contributed by atoms with Crippen molar-refractivity contribution in [3.8, 4) is 5.69 Å². The van der Waals surface area contributed by atoms with Gasteiger partial charge in [-0.1, -0.05) is 31.5 Å². The molecular formula is C22H22ClFN4S. The van der Waals surface area contributed by atoms with Gasteiger partial charge in [0.05, 0.1) is 22.8 Å². The number of aromatic nitrogens is 2. The Balaban J connectivity index is 1.82. The standard InChI is InChI=1S/C22H22ClFN4S/c1-14(2)13-28-21(20(26-22(28)29)18-6-3-4-10-25-18)19-7-5-11-27(19)15-8-9-17(24)16(23)12-15/h3-12,14,20-21H,13H2,1-2H3,(H,26,29)/t20-,21-/m0/s1. The summed E-state index contributed by atoms with van der Waals surface area (Å²) in [6, 6.07) is 14.6. The van der Waals surface area contributed by atoms with E-state index in [-0.39, 0.29) is 17.1 Å². The van der Waals surface area contributed by atoms with E-state index in [1.165, 1.54) is 6.07 Å². The molecule has 0 bridgehead atoms. The number of benzene rings is 1. The van der Waals surface area contributed by atoms with Gasteiger partial charge in [-0.05, 0) is 60.6 Å². The Morgan fingerprint density at radius 3 is 2.72 bits per heavy atom. The lowest BCUT2D eigenvalue weighted by atomic mass is 10.0. The Bertz CT molecular complexity index is 1020. The van der Waals surface area contributed by atoms with Crippen LogP contribution in [0.25, 0.3) is 5.69 Å². The second kappa shape index (κ2) is 8.13. The predicted octanol–water partition coefficient (Wildman–Crippen LogP) is 5.29. The Hall–Kier alpha value is -2.44. The first-order valence-corrected chi connectivity index (χ1v) is 10.3. The van der Waals surface area contributed by atoms with Crippen molar-refractivity contribution >= 4 is 28.9 Å². The van der Waals surface area contributed by atoms with Crippen LogP contribution in [-0.2, 0) is 0 Å². The first kappa shape index (κ1) is 19.9. The van der Waals surface area contributed by atoms with E-state index in [1.54, 1.807) is 18.3 Å². The number of hydrogen-bond donors (Lipinski definition) is 1. The maximum atomic E-state index is 13.7. The fraction of sp³-hybridized carbons (Fsp3) is 0.273. The third-order valence-corrected chi connectivity index (χ3v) is 5.67. The van der Waals surface area contributed by atoms with Crippen molar-refractivity contribution in [2.45, 2.75) is 25.9 Å². The minimum Gasteiger partial charge on any atom is -0.352 e. The van der Waals surface area contributed by atoms with Crippen molar-refractivity contribution in [1.82, 2.24) is 19.8 Å². The van der Waals surface area contributed by atoms with Crippen LogP contribution in [0.1, 0.15) is 37.3 Å². The molecule has 1 aliphatic heterocycles. The third-order valence-electron chi connectivity index (χ3n) is 5.02. The number of rotatable bonds is 5. The maximum absolute atomic E-state index is 13.7. The molecule has 2 aromatic heterocycles. The van der Waals surface area contributed by atoms with Gasteiger partial charge in [0.2, 0.25) is 0 Å². The van der Waals surface area contributed by atoms with Crippen LogP contribution in [0, 0.1) is 11.7 Å². The molecule has 4 rings (SSSR count). The van der Waals surface area contributed by atoms with Crippen molar-refractivity contribution < 1.29 is 4.39 Å². The zero-order valence-corrected chi connectivity index (χ0v) is 17.8. The molecule has 0 unspecified atom stereocenters. The lowest BCUT2D eigenvalue weighted by molar-refractivity contribution is 0.280. The highest BCUT2D eigenvalue weighted by molar-refractivity contribution is 7.80. The lowest BCUT2D eigenvalue weighted by Crippen LogP contribution is -2.33. The second-order valence-corrected chi connectivity index (χ2v) is 8.37. The Morgan fingerprint density at radius 1 is 1.21 bits per heavy atom. The topological polar surface area (TPSA) is 33.1 Å². The van der Waals surface area contributed by atoms with Crippen LogP contribution >= 0.6 is 23.8 Å². The number of halogens is 2. The molecule has 0 aliphatic carbocycles. The SMILES string of the molecule is CC(C)CN1C(=S)N[C@@H](c2ccccn2)[C@@H]1c1cccn1-c1ccc(F)c(Cl)c1. The molecule has 2 atom stereocenters. The smallest absolute Gasteiger partial charge is 0.170 e. The molecule has 0 spiro atoms. The van der Waals surface area contributed by atoms with Crippen molar-refractivity contribution in [3.05, 3.63) is 83.2 Å². The fourth-order valence-electron chi connectivity index (χ4n) is 3.82. The molecule has 1 N–H and O–H groups in total. The molecule has 1 saturated heterocycles. The molecule has 7 heteroatoms. The summed E-state index contributed by atoms with van der Waals surface area (Å²) in [7, 11) is 0. The summed E-state index contributed by atoms with van der Waals surface area (Å²) in [5.74, 6) is 0.00374. The molecule has 0 amide bonds. The van der Waals surface area contributed by atoms with Gasteiger partial charge < -0.3 is 14.8 Å². The summed E-state index contributed by atoms with van der Waals surface area (Å²) in [5, 5.41) is 4.27. The Labute approximate surface area is 180 Å². The molecule has 1 fully saturated rings. The van der Waals surface area contributed by atoms with Crippen LogP contribution < -0.4 is 5.32 Å². The van der Waals surface area contributed by atoms with Gasteiger partial charge >= 0.3 is 0 Å². The van der Waals surface area contributed by atoms with E-state index < -0.39 is 5.82 Å². The van der Waals surface area contributed by atoms with Gasteiger partial charge in [-0.25, -0.2) is 4.39 Å². The van der Waals surface area contributed by atoms with Crippen LogP contribution in [0.5, 0.6) is 0 Å². The molecule has 29 heavy (non-hydrogen) atoms. The molecule has 4 nitrogen and oxygen atoms in total. The fourth-order valence-corrected chi connectivity index (χ4v) is 4.31. The van der Waals surface area contributed by atoms with Crippen LogP contribution in [-0.4, -0.2) is 26.1 Å². The lowest BCUT2D eigenvalue weighted by Gasteiger charge is -2.30. The van der Waals surface area contributed by atoms with E-state index in [1.807, 2.05) is 35.0 Å². The van der Waals surface area contributed by atoms with Crippen molar-refractivity contribution in [2.24, 2.45) is 5.92 Å². The zero-order valence-electron chi connectivity index (χ0n) is 16.2. The van der Waals surface area contributed by atoms with Crippen molar-refractivity contribution in [3.63, 3.8) is 0 Å². The van der Waals surface area contributed by atoms with Gasteiger partial charge in [0.15, 0.2) is 5.11 Å². The van der Waals surface area contributed by atoms with Crippen LogP contribution in [0.15, 0.2) is 60.9 Å². The largest absolute Gasteiger partial charge is 0.352 e. The average molecular weight is 429 g/mol. The first-order chi connectivity index (χ1) is 14.0. The average Bonchev–Trinajstić information content (AvgIpc) is 3.29. The van der Waals surface area contributed by atoms with Crippen LogP contribution in [0.2, 0.25) is 5.02 Å². The van der Waals surface area contributed by atoms with Gasteiger partial charge in [-0.3, -0.25) is 4.98 Å². The second-order valence-electron chi connectivity index (χ2n) is 7.57. The minimum atomic E-state index is -0.430. The number of hydrogen-bond acceptors (Lipinski definition) is 2. The summed E-state index contributed by atoms with van der Waals surface area (Å²) in [5.41, 5.74) is 2.77. The molecule has 0 saturated carbocycles. The highest BCUT2D eigenvalue weighted by Gasteiger charge is 2.41. The normalized spacial score (nSPS) is 19.1. The number of nitrogens with one attached hydrogen (secondary N) is 1. The molecular weight excluding hydrogens is 407 g/mol. The van der Waals surface area contributed by atoms with Gasteiger partial charge in [0, 0.05) is 30.3 Å². The van der Waals surface area contributed by atoms with Crippen molar-refractivity contribution in [2.75, 3.05) is 6.54 Å². The quantitative estimate of drug-likeness (QED) is 0.559. The molecule has 0 radical (unpaired) electrons. The van der Waals surface area contributed by atoms with E-state index in [2.05, 4.69) is 35.1 Å². The highest BCUT2D eigenvalue weighted by Crippen LogP contribution is 2.40. The number of pyridine rings is 1. The summed E-state index contributed by atoms with van der Waals surface area (Å²) < 4.78 is 15.7. The van der Waals surface area contributed by atoms with Gasteiger partial charge in [0.25, 0.3) is 0 Å². The highest BCUT2D eigenvalue weighted by atomic mass is 35.5. The van der Waals surface area contributed by atoms with Gasteiger partial charge in [0.1, 0.15) is 5.82 Å². The van der Waals surface area contributed by atoms with E-state index in [4.69, 9.17) is 23.8 Å². The number of thiocarbonyl (C=S) groups is 1. The Kier molecular flexibility index (Phi) is 5.56. The molecule has 3 heterocycles. The summed E-state index contributed by atoms with van der Waals surface area (Å²) in [6.45, 7) is 5.16. The summed E-state index contributed by atoms with van der Waals surface area (Å²) in [6.07, 6.45) is 3.75. The van der Waals surface area contributed by atoms with Crippen molar-refractivity contribution in [1.29, 1.82) is 0 Å². The van der Waals surface area contributed by atoms with E-state index in [9.17, 15) is 4.39 Å². The third kappa shape index (κ3) is 3.87. The van der Waals surface area contributed by atoms with Gasteiger partial charge in [-0.15, -0.1) is 0 Å². The molecule has 1 aromatic carbocycles. The van der Waals surface area contributed by atoms with E-state index in [0.29, 0.717) is 11.0 Å². The van der Waals surface area contributed by atoms with E-state index in [0.717, 1.165) is 23.6 Å². The summed E-state index contributed by atoms with van der Waals surface area (Å²) in [4.78, 5) is 6.79. The minimum absolute atomic E-state index is 0.0568. The zero-order chi connectivity index (χ0) is 20.5. The first-order valence-electron chi connectivity index (χ1n) is 9.56. The number of nitrogens with zero attached hydrogens (tertiary/aromatic N) is 3. The molecule has 150 valence electrons.